The molecule has 3 aromatic rings. The number of benzene rings is 2. The summed E-state index contributed by atoms with van der Waals surface area (Å²) in [6.07, 6.45) is 10.2. The number of cyclic esters (lactones) is 1. The fourth-order valence-corrected chi connectivity index (χ4v) is 6.01. The highest BCUT2D eigenvalue weighted by Crippen LogP contribution is 2.36. The van der Waals surface area contributed by atoms with Gasteiger partial charge in [0.1, 0.15) is 30.3 Å². The monoisotopic (exact) mass is 608 g/mol. The van der Waals surface area contributed by atoms with E-state index in [9.17, 15) is 14.0 Å². The topological polar surface area (TPSA) is 109 Å². The number of piperazine rings is 1. The summed E-state index contributed by atoms with van der Waals surface area (Å²) >= 11 is 5.98. The molecule has 2 saturated heterocycles. The Morgan fingerprint density at radius 1 is 1.16 bits per heavy atom. The minimum Gasteiger partial charge on any atom is -0.488 e. The standard InChI is InChI=1S/C31H34ClFN6O4/c32-24-13-20(8-9-25(24)33)36-31-23-14-27(28(15-26(23)34-19-35-31)43-22-5-2-1-3-6-22)37-29(40)7-4-10-38-11-12-39-17-30(41)42-18-21(39)16-38/h4,7-9,13-15,19,21-22H,1-3,5-6,10-12,16-18H2,(H,37,40)(H,34,35,36). The molecule has 43 heavy (non-hydrogen) atoms. The number of carbonyl (C=O) groups excluding carboxylic acids is 2. The maximum Gasteiger partial charge on any atom is 0.320 e. The Balaban J connectivity index is 1.19. The van der Waals surface area contributed by atoms with E-state index in [4.69, 9.17) is 21.1 Å². The van der Waals surface area contributed by atoms with E-state index in [2.05, 4.69) is 30.4 Å². The highest BCUT2D eigenvalue weighted by atomic mass is 35.5. The lowest BCUT2D eigenvalue weighted by Crippen LogP contribution is -2.59. The highest BCUT2D eigenvalue weighted by molar-refractivity contribution is 6.31. The molecule has 226 valence electrons. The molecule has 0 radical (unpaired) electrons. The van der Waals surface area contributed by atoms with Crippen LogP contribution in [0.1, 0.15) is 32.1 Å². The second-order valence-corrected chi connectivity index (χ2v) is 11.6. The summed E-state index contributed by atoms with van der Waals surface area (Å²) in [5, 5.41) is 6.83. The van der Waals surface area contributed by atoms with Crippen LogP contribution in [0.15, 0.2) is 48.8 Å². The summed E-state index contributed by atoms with van der Waals surface area (Å²) in [4.78, 5) is 37.9. The summed E-state index contributed by atoms with van der Waals surface area (Å²) in [7, 11) is 0. The summed E-state index contributed by atoms with van der Waals surface area (Å²) in [5.74, 6) is 0.0731. The normalized spacial score (nSPS) is 20.1. The number of halogens is 2. The number of rotatable bonds is 8. The van der Waals surface area contributed by atoms with E-state index in [1.165, 1.54) is 31.0 Å². The minimum absolute atomic E-state index is 0.00433. The zero-order valence-corrected chi connectivity index (χ0v) is 24.5. The van der Waals surface area contributed by atoms with Crippen molar-refractivity contribution in [3.63, 3.8) is 0 Å². The van der Waals surface area contributed by atoms with E-state index in [-0.39, 0.29) is 29.0 Å². The van der Waals surface area contributed by atoms with Gasteiger partial charge in [0.25, 0.3) is 0 Å². The lowest BCUT2D eigenvalue weighted by molar-refractivity contribution is -0.157. The van der Waals surface area contributed by atoms with Crippen molar-refractivity contribution in [3.8, 4) is 5.75 Å². The van der Waals surface area contributed by atoms with Crippen LogP contribution in [0, 0.1) is 5.82 Å². The molecule has 6 rings (SSSR count). The van der Waals surface area contributed by atoms with Crippen molar-refractivity contribution < 1.29 is 23.5 Å². The summed E-state index contributed by atoms with van der Waals surface area (Å²) in [6.45, 7) is 3.74. The van der Waals surface area contributed by atoms with Crippen molar-refractivity contribution in [1.82, 2.24) is 19.8 Å². The Kier molecular flexibility index (Phi) is 9.01. The summed E-state index contributed by atoms with van der Waals surface area (Å²) in [6, 6.07) is 8.15. The van der Waals surface area contributed by atoms with Crippen molar-refractivity contribution in [3.05, 3.63) is 59.7 Å². The first-order chi connectivity index (χ1) is 20.9. The molecule has 0 bridgehead atoms. The van der Waals surface area contributed by atoms with Gasteiger partial charge < -0.3 is 20.1 Å². The van der Waals surface area contributed by atoms with E-state index in [0.29, 0.717) is 53.5 Å². The molecule has 1 atom stereocenters. The number of morpholine rings is 1. The Morgan fingerprint density at radius 2 is 2.02 bits per heavy atom. The first-order valence-electron chi connectivity index (χ1n) is 14.7. The van der Waals surface area contributed by atoms with Crippen LogP contribution < -0.4 is 15.4 Å². The van der Waals surface area contributed by atoms with E-state index in [1.807, 2.05) is 12.1 Å². The number of esters is 1. The first kappa shape index (κ1) is 29.3. The molecule has 3 heterocycles. The van der Waals surface area contributed by atoms with Crippen LogP contribution in [-0.2, 0) is 14.3 Å². The average molecular weight is 609 g/mol. The molecule has 3 fully saturated rings. The molecule has 1 aromatic heterocycles. The van der Waals surface area contributed by atoms with Crippen LogP contribution >= 0.6 is 11.6 Å². The number of hydrogen-bond acceptors (Lipinski definition) is 9. The molecule has 0 spiro atoms. The fourth-order valence-electron chi connectivity index (χ4n) is 5.83. The van der Waals surface area contributed by atoms with Crippen LogP contribution in [0.4, 0.5) is 21.6 Å². The van der Waals surface area contributed by atoms with Gasteiger partial charge in [0, 0.05) is 49.4 Å². The zero-order chi connectivity index (χ0) is 29.8. The molecule has 1 saturated carbocycles. The second kappa shape index (κ2) is 13.2. The quantitative estimate of drug-likeness (QED) is 0.272. The predicted molar refractivity (Wildman–Crippen MR) is 162 cm³/mol. The van der Waals surface area contributed by atoms with Crippen LogP contribution in [0.5, 0.6) is 5.75 Å². The van der Waals surface area contributed by atoms with E-state index >= 15 is 0 Å². The van der Waals surface area contributed by atoms with Gasteiger partial charge in [-0.3, -0.25) is 19.4 Å². The van der Waals surface area contributed by atoms with Crippen LogP contribution in [0.3, 0.4) is 0 Å². The van der Waals surface area contributed by atoms with Gasteiger partial charge in [-0.25, -0.2) is 14.4 Å². The number of anilines is 3. The molecule has 1 aliphatic carbocycles. The van der Waals surface area contributed by atoms with Gasteiger partial charge in [-0.2, -0.15) is 0 Å². The van der Waals surface area contributed by atoms with E-state index in [1.54, 1.807) is 12.1 Å². The third kappa shape index (κ3) is 7.23. The average Bonchev–Trinajstić information content (AvgIpc) is 3.00. The number of nitrogens with one attached hydrogen (secondary N) is 2. The lowest BCUT2D eigenvalue weighted by Gasteiger charge is -2.42. The number of ether oxygens (including phenoxy) is 2. The SMILES string of the molecule is O=C(C=CCN1CCN2CC(=O)OCC2C1)Nc1cc2c(Nc3ccc(F)c(Cl)c3)ncnc2cc1OC1CCCCC1. The fraction of sp³-hybridized carbons (Fsp3) is 0.419. The van der Waals surface area contributed by atoms with Gasteiger partial charge in [0.15, 0.2) is 0 Å². The molecule has 2 N–H and O–H groups in total. The second-order valence-electron chi connectivity index (χ2n) is 11.2. The molecule has 2 aromatic carbocycles. The minimum atomic E-state index is -0.510. The van der Waals surface area contributed by atoms with Crippen LogP contribution in [-0.4, -0.2) is 83.1 Å². The van der Waals surface area contributed by atoms with Gasteiger partial charge in [0.2, 0.25) is 5.91 Å². The first-order valence-corrected chi connectivity index (χ1v) is 15.1. The van der Waals surface area contributed by atoms with Crippen molar-refractivity contribution in [2.24, 2.45) is 0 Å². The van der Waals surface area contributed by atoms with E-state index in [0.717, 1.165) is 45.3 Å². The Bertz CT molecular complexity index is 1530. The number of aromatic nitrogens is 2. The number of amides is 1. The van der Waals surface area contributed by atoms with Gasteiger partial charge in [-0.1, -0.05) is 24.1 Å². The van der Waals surface area contributed by atoms with Crippen molar-refractivity contribution in [1.29, 1.82) is 0 Å². The van der Waals surface area contributed by atoms with Crippen molar-refractivity contribution >= 4 is 51.6 Å². The zero-order valence-electron chi connectivity index (χ0n) is 23.7. The van der Waals surface area contributed by atoms with Crippen LogP contribution in [0.25, 0.3) is 10.9 Å². The third-order valence-electron chi connectivity index (χ3n) is 8.11. The molecule has 1 amide bonds. The van der Waals surface area contributed by atoms with Gasteiger partial charge >= 0.3 is 5.97 Å². The molecule has 3 aliphatic rings. The highest BCUT2D eigenvalue weighted by Gasteiger charge is 2.32. The maximum absolute atomic E-state index is 13.7. The predicted octanol–water partition coefficient (Wildman–Crippen LogP) is 4.92. The summed E-state index contributed by atoms with van der Waals surface area (Å²) < 4.78 is 25.3. The Labute approximate surface area is 254 Å². The lowest BCUT2D eigenvalue weighted by atomic mass is 9.98. The van der Waals surface area contributed by atoms with Gasteiger partial charge in [-0.15, -0.1) is 0 Å². The smallest absolute Gasteiger partial charge is 0.320 e. The largest absolute Gasteiger partial charge is 0.488 e. The number of carbonyl (C=O) groups is 2. The molecule has 10 nitrogen and oxygen atoms in total. The van der Waals surface area contributed by atoms with E-state index < -0.39 is 5.82 Å². The van der Waals surface area contributed by atoms with Crippen LogP contribution in [0.2, 0.25) is 5.02 Å². The molecule has 1 unspecified atom stereocenters. The Hall–Kier alpha value is -3.80. The molecular formula is C31H34ClFN6O4. The number of nitrogens with zero attached hydrogens (tertiary/aromatic N) is 4. The third-order valence-corrected chi connectivity index (χ3v) is 8.40. The maximum atomic E-state index is 13.7. The molecule has 12 heteroatoms. The van der Waals surface area contributed by atoms with Gasteiger partial charge in [0.05, 0.1) is 34.9 Å². The van der Waals surface area contributed by atoms with Gasteiger partial charge in [-0.05, 0) is 49.9 Å². The Morgan fingerprint density at radius 3 is 2.86 bits per heavy atom. The van der Waals surface area contributed by atoms with Crippen molar-refractivity contribution in [2.75, 3.05) is 50.0 Å². The van der Waals surface area contributed by atoms with Crippen molar-refractivity contribution in [2.45, 2.75) is 44.2 Å². The molecule has 2 aliphatic heterocycles. The number of hydrogen-bond donors (Lipinski definition) is 2. The number of fused-ring (bicyclic) bond motifs is 2. The summed E-state index contributed by atoms with van der Waals surface area (Å²) in [5.41, 5.74) is 1.72. The molecular weight excluding hydrogens is 575 g/mol.